The highest BCUT2D eigenvalue weighted by atomic mass is 16.2. The summed E-state index contributed by atoms with van der Waals surface area (Å²) >= 11 is 0. The van der Waals surface area contributed by atoms with Gasteiger partial charge >= 0.3 is 0 Å². The molecule has 0 saturated carbocycles. The largest absolute Gasteiger partial charge is 0.352 e. The Kier molecular flexibility index (Phi) is 6.77. The van der Waals surface area contributed by atoms with Gasteiger partial charge in [-0.2, -0.15) is 0 Å². The molecule has 0 fully saturated rings. The lowest BCUT2D eigenvalue weighted by molar-refractivity contribution is -0.910. The zero-order valence-electron chi connectivity index (χ0n) is 17.0. The van der Waals surface area contributed by atoms with Gasteiger partial charge in [0.2, 0.25) is 5.91 Å². The summed E-state index contributed by atoms with van der Waals surface area (Å²) in [4.78, 5) is 39.5. The minimum atomic E-state index is -0.329. The standard InChI is InChI=1S/C23H27N3O3/c1-3-25(4-2)16-18-11-9-17(10-12-18)15-24-21(27)13-14-26-22(28)19-7-5-6-8-20(19)23(26)29/h5-12H,3-4,13-16H2,1-2H3,(H,24,27)/p+1. The maximum absolute atomic E-state index is 12.3. The predicted molar refractivity (Wildman–Crippen MR) is 110 cm³/mol. The summed E-state index contributed by atoms with van der Waals surface area (Å²) in [5.74, 6) is -0.841. The Bertz CT molecular complexity index is 853. The Morgan fingerprint density at radius 2 is 1.45 bits per heavy atom. The van der Waals surface area contributed by atoms with Crippen LogP contribution in [-0.2, 0) is 17.9 Å². The van der Waals surface area contributed by atoms with E-state index in [0.29, 0.717) is 17.7 Å². The summed E-state index contributed by atoms with van der Waals surface area (Å²) in [5.41, 5.74) is 3.12. The summed E-state index contributed by atoms with van der Waals surface area (Å²) in [7, 11) is 0. The fraction of sp³-hybridized carbons (Fsp3) is 0.348. The van der Waals surface area contributed by atoms with Crippen molar-refractivity contribution in [1.82, 2.24) is 10.2 Å². The van der Waals surface area contributed by atoms with E-state index in [1.54, 1.807) is 24.3 Å². The van der Waals surface area contributed by atoms with Gasteiger partial charge in [-0.15, -0.1) is 0 Å². The smallest absolute Gasteiger partial charge is 0.261 e. The number of amides is 3. The van der Waals surface area contributed by atoms with E-state index in [-0.39, 0.29) is 30.7 Å². The highest BCUT2D eigenvalue weighted by molar-refractivity contribution is 6.21. The monoisotopic (exact) mass is 394 g/mol. The SMILES string of the molecule is CC[NH+](CC)Cc1ccc(CNC(=O)CCN2C(=O)c3ccccc3C2=O)cc1. The molecule has 0 atom stereocenters. The highest BCUT2D eigenvalue weighted by Gasteiger charge is 2.34. The molecule has 29 heavy (non-hydrogen) atoms. The van der Waals surface area contributed by atoms with Gasteiger partial charge in [-0.25, -0.2) is 0 Å². The fourth-order valence-corrected chi connectivity index (χ4v) is 3.51. The van der Waals surface area contributed by atoms with Gasteiger partial charge in [0.25, 0.3) is 11.8 Å². The average Bonchev–Trinajstić information content (AvgIpc) is 3.00. The van der Waals surface area contributed by atoms with E-state index >= 15 is 0 Å². The second-order valence-electron chi connectivity index (χ2n) is 7.28. The van der Waals surface area contributed by atoms with E-state index in [2.05, 4.69) is 31.3 Å². The molecule has 1 heterocycles. The molecular formula is C23H28N3O3+. The molecule has 3 amide bonds. The number of quaternary nitrogens is 1. The molecule has 0 bridgehead atoms. The van der Waals surface area contributed by atoms with Crippen LogP contribution in [0.25, 0.3) is 0 Å². The van der Waals surface area contributed by atoms with E-state index < -0.39 is 0 Å². The predicted octanol–water partition coefficient (Wildman–Crippen LogP) is 1.41. The van der Waals surface area contributed by atoms with Gasteiger partial charge in [0.1, 0.15) is 6.54 Å². The lowest BCUT2D eigenvalue weighted by atomic mass is 10.1. The number of hydrogen-bond acceptors (Lipinski definition) is 3. The van der Waals surface area contributed by atoms with Crippen molar-refractivity contribution in [2.24, 2.45) is 0 Å². The van der Waals surface area contributed by atoms with Crippen molar-refractivity contribution in [3.05, 3.63) is 70.8 Å². The fourth-order valence-electron chi connectivity index (χ4n) is 3.51. The third kappa shape index (κ3) is 4.90. The molecular weight excluding hydrogens is 366 g/mol. The average molecular weight is 394 g/mol. The summed E-state index contributed by atoms with van der Waals surface area (Å²) in [6.45, 7) is 8.08. The number of carbonyl (C=O) groups is 3. The molecule has 152 valence electrons. The van der Waals surface area contributed by atoms with Crippen LogP contribution in [0.5, 0.6) is 0 Å². The molecule has 6 nitrogen and oxygen atoms in total. The van der Waals surface area contributed by atoms with Gasteiger partial charge in [0.05, 0.1) is 24.2 Å². The van der Waals surface area contributed by atoms with E-state index in [9.17, 15) is 14.4 Å². The first-order valence-electron chi connectivity index (χ1n) is 10.2. The van der Waals surface area contributed by atoms with Crippen molar-refractivity contribution < 1.29 is 19.3 Å². The molecule has 2 N–H and O–H groups in total. The van der Waals surface area contributed by atoms with Gasteiger partial charge in [-0.3, -0.25) is 19.3 Å². The second-order valence-corrected chi connectivity index (χ2v) is 7.28. The summed E-state index contributed by atoms with van der Waals surface area (Å²) in [6, 6.07) is 15.0. The first-order chi connectivity index (χ1) is 14.0. The van der Waals surface area contributed by atoms with Gasteiger partial charge in [0, 0.05) is 25.1 Å². The third-order valence-electron chi connectivity index (χ3n) is 5.41. The van der Waals surface area contributed by atoms with Crippen molar-refractivity contribution in [2.75, 3.05) is 19.6 Å². The number of benzene rings is 2. The summed E-state index contributed by atoms with van der Waals surface area (Å²) < 4.78 is 0. The third-order valence-corrected chi connectivity index (χ3v) is 5.41. The van der Waals surface area contributed by atoms with Crippen molar-refractivity contribution in [3.63, 3.8) is 0 Å². The van der Waals surface area contributed by atoms with Crippen LogP contribution in [0.1, 0.15) is 52.1 Å². The molecule has 0 saturated heterocycles. The molecule has 6 heteroatoms. The number of nitrogens with one attached hydrogen (secondary N) is 2. The van der Waals surface area contributed by atoms with Gasteiger partial charge in [-0.1, -0.05) is 36.4 Å². The highest BCUT2D eigenvalue weighted by Crippen LogP contribution is 2.22. The lowest BCUT2D eigenvalue weighted by Gasteiger charge is -2.15. The first kappa shape index (κ1) is 20.7. The van der Waals surface area contributed by atoms with Gasteiger partial charge in [0.15, 0.2) is 0 Å². The van der Waals surface area contributed by atoms with Gasteiger partial charge < -0.3 is 10.2 Å². The number of hydrogen-bond donors (Lipinski definition) is 2. The number of nitrogens with zero attached hydrogens (tertiary/aromatic N) is 1. The van der Waals surface area contributed by atoms with E-state index in [0.717, 1.165) is 30.1 Å². The Morgan fingerprint density at radius 3 is 2.00 bits per heavy atom. The number of carbonyl (C=O) groups excluding carboxylic acids is 3. The molecule has 0 radical (unpaired) electrons. The minimum absolute atomic E-state index is 0.0871. The molecule has 2 aromatic carbocycles. The van der Waals surface area contributed by atoms with Crippen LogP contribution in [0.15, 0.2) is 48.5 Å². The lowest BCUT2D eigenvalue weighted by Crippen LogP contribution is -3.10. The Morgan fingerprint density at radius 1 is 0.897 bits per heavy atom. The van der Waals surface area contributed by atoms with Crippen LogP contribution in [0.4, 0.5) is 0 Å². The topological polar surface area (TPSA) is 70.9 Å². The maximum atomic E-state index is 12.3. The van der Waals surface area contributed by atoms with E-state index in [1.807, 2.05) is 12.1 Å². The molecule has 0 unspecified atom stereocenters. The van der Waals surface area contributed by atoms with Crippen LogP contribution in [0.2, 0.25) is 0 Å². The quantitative estimate of drug-likeness (QED) is 0.632. The Labute approximate surface area is 171 Å². The zero-order chi connectivity index (χ0) is 20.8. The van der Waals surface area contributed by atoms with E-state index in [1.165, 1.54) is 10.5 Å². The van der Waals surface area contributed by atoms with Crippen LogP contribution in [0, 0.1) is 0 Å². The van der Waals surface area contributed by atoms with Crippen LogP contribution >= 0.6 is 0 Å². The Hall–Kier alpha value is -2.99. The normalized spacial score (nSPS) is 13.1. The molecule has 0 spiro atoms. The van der Waals surface area contributed by atoms with E-state index in [4.69, 9.17) is 0 Å². The second kappa shape index (κ2) is 9.47. The maximum Gasteiger partial charge on any atom is 0.261 e. The van der Waals surface area contributed by atoms with Gasteiger partial charge in [-0.05, 0) is 31.5 Å². The van der Waals surface area contributed by atoms with Crippen molar-refractivity contribution in [1.29, 1.82) is 0 Å². The minimum Gasteiger partial charge on any atom is -0.352 e. The van der Waals surface area contributed by atoms with Crippen LogP contribution < -0.4 is 10.2 Å². The number of fused-ring (bicyclic) bond motifs is 1. The molecule has 1 aliphatic rings. The van der Waals surface area contributed by atoms with Crippen molar-refractivity contribution >= 4 is 17.7 Å². The van der Waals surface area contributed by atoms with Crippen LogP contribution in [0.3, 0.4) is 0 Å². The zero-order valence-corrected chi connectivity index (χ0v) is 17.0. The summed E-state index contributed by atoms with van der Waals surface area (Å²) in [6.07, 6.45) is 0.0921. The molecule has 2 aromatic rings. The first-order valence-corrected chi connectivity index (χ1v) is 10.2. The number of rotatable bonds is 9. The summed E-state index contributed by atoms with van der Waals surface area (Å²) in [5, 5.41) is 2.86. The Balaban J connectivity index is 1.46. The van der Waals surface area contributed by atoms with Crippen molar-refractivity contribution in [2.45, 2.75) is 33.4 Å². The molecule has 3 rings (SSSR count). The van der Waals surface area contributed by atoms with Crippen LogP contribution in [-0.4, -0.2) is 42.3 Å². The molecule has 1 aliphatic heterocycles. The molecule has 0 aliphatic carbocycles. The van der Waals surface area contributed by atoms with Crippen molar-refractivity contribution in [3.8, 4) is 0 Å². The number of imide groups is 1. The molecule has 0 aromatic heterocycles.